The van der Waals surface area contributed by atoms with Crippen molar-refractivity contribution >= 4 is 17.7 Å². The third kappa shape index (κ3) is 7.08. The molecule has 0 saturated heterocycles. The van der Waals surface area contributed by atoms with E-state index in [1.54, 1.807) is 26.0 Å². The molecule has 0 unspecified atom stereocenters. The average Bonchev–Trinajstić information content (AvgIpc) is 2.44. The van der Waals surface area contributed by atoms with Gasteiger partial charge in [0.25, 0.3) is 0 Å². The van der Waals surface area contributed by atoms with E-state index >= 15 is 0 Å². The predicted molar refractivity (Wildman–Crippen MR) is 78.7 cm³/mol. The highest BCUT2D eigenvalue weighted by Gasteiger charge is 2.01. The van der Waals surface area contributed by atoms with E-state index in [9.17, 15) is 4.79 Å². The van der Waals surface area contributed by atoms with Crippen LogP contribution in [0.5, 0.6) is 5.75 Å². The van der Waals surface area contributed by atoms with Gasteiger partial charge in [-0.1, -0.05) is 12.1 Å². The van der Waals surface area contributed by atoms with Crippen LogP contribution in [-0.4, -0.2) is 39.0 Å². The summed E-state index contributed by atoms with van der Waals surface area (Å²) in [5.41, 5.74) is 1.19. The fraction of sp³-hybridized carbons (Fsp3) is 0.500. The van der Waals surface area contributed by atoms with Crippen LogP contribution in [0.2, 0.25) is 0 Å². The summed E-state index contributed by atoms with van der Waals surface area (Å²) in [5, 5.41) is 2.86. The second-order valence-corrected chi connectivity index (χ2v) is 5.02. The Kier molecular flexibility index (Phi) is 8.09. The summed E-state index contributed by atoms with van der Waals surface area (Å²) in [7, 11) is 3.31. The molecule has 0 aliphatic carbocycles. The first kappa shape index (κ1) is 15.9. The first-order valence-electron chi connectivity index (χ1n) is 6.22. The van der Waals surface area contributed by atoms with E-state index in [1.165, 1.54) is 5.56 Å². The Morgan fingerprint density at radius 3 is 2.63 bits per heavy atom. The SMILES string of the molecule is COCCCNC(=O)CSCc1ccc(OC)cc1. The van der Waals surface area contributed by atoms with Gasteiger partial charge in [-0.3, -0.25) is 4.79 Å². The van der Waals surface area contributed by atoms with Crippen LogP contribution in [0.4, 0.5) is 0 Å². The van der Waals surface area contributed by atoms with Crippen LogP contribution >= 0.6 is 11.8 Å². The average molecular weight is 283 g/mol. The maximum atomic E-state index is 11.5. The summed E-state index contributed by atoms with van der Waals surface area (Å²) in [6.45, 7) is 1.36. The van der Waals surface area contributed by atoms with Crippen LogP contribution in [0.25, 0.3) is 0 Å². The zero-order valence-electron chi connectivity index (χ0n) is 11.5. The fourth-order valence-corrected chi connectivity index (χ4v) is 2.30. The number of hydrogen-bond donors (Lipinski definition) is 1. The zero-order valence-corrected chi connectivity index (χ0v) is 12.3. The Hall–Kier alpha value is -1.20. The van der Waals surface area contributed by atoms with Crippen molar-refractivity contribution in [3.05, 3.63) is 29.8 Å². The number of carbonyl (C=O) groups excluding carboxylic acids is 1. The van der Waals surface area contributed by atoms with E-state index in [-0.39, 0.29) is 5.91 Å². The van der Waals surface area contributed by atoms with Crippen molar-refractivity contribution < 1.29 is 14.3 Å². The van der Waals surface area contributed by atoms with Gasteiger partial charge in [-0.2, -0.15) is 0 Å². The number of thioether (sulfide) groups is 1. The fourth-order valence-electron chi connectivity index (χ4n) is 1.48. The highest BCUT2D eigenvalue weighted by Crippen LogP contribution is 2.16. The van der Waals surface area contributed by atoms with Gasteiger partial charge in [0.15, 0.2) is 0 Å². The van der Waals surface area contributed by atoms with Crippen molar-refractivity contribution in [3.63, 3.8) is 0 Å². The number of hydrogen-bond acceptors (Lipinski definition) is 4. The van der Waals surface area contributed by atoms with E-state index in [1.807, 2.05) is 24.3 Å². The van der Waals surface area contributed by atoms with Gasteiger partial charge in [0.2, 0.25) is 5.91 Å². The molecule has 0 heterocycles. The Bertz CT molecular complexity index is 367. The largest absolute Gasteiger partial charge is 0.497 e. The molecule has 1 rings (SSSR count). The highest BCUT2D eigenvalue weighted by molar-refractivity contribution is 7.99. The molecule has 0 bridgehead atoms. The maximum absolute atomic E-state index is 11.5. The molecule has 106 valence electrons. The number of methoxy groups -OCH3 is 2. The van der Waals surface area contributed by atoms with Gasteiger partial charge in [-0.25, -0.2) is 0 Å². The smallest absolute Gasteiger partial charge is 0.230 e. The predicted octanol–water partition coefficient (Wildman–Crippen LogP) is 2.08. The van der Waals surface area contributed by atoms with Crippen molar-refractivity contribution in [2.45, 2.75) is 12.2 Å². The van der Waals surface area contributed by atoms with Crippen LogP contribution in [0.15, 0.2) is 24.3 Å². The summed E-state index contributed by atoms with van der Waals surface area (Å²) < 4.78 is 10.0. The molecule has 1 aromatic carbocycles. The number of rotatable bonds is 9. The molecule has 1 aromatic rings. The lowest BCUT2D eigenvalue weighted by Crippen LogP contribution is -2.26. The molecule has 0 radical (unpaired) electrons. The molecule has 0 aliphatic rings. The number of amides is 1. The Balaban J connectivity index is 2.13. The summed E-state index contributed by atoms with van der Waals surface area (Å²) >= 11 is 1.61. The van der Waals surface area contributed by atoms with Crippen molar-refractivity contribution in [2.24, 2.45) is 0 Å². The van der Waals surface area contributed by atoms with Crippen LogP contribution in [-0.2, 0) is 15.3 Å². The van der Waals surface area contributed by atoms with Gasteiger partial charge in [0.05, 0.1) is 12.9 Å². The molecule has 0 aromatic heterocycles. The van der Waals surface area contributed by atoms with E-state index in [0.29, 0.717) is 18.9 Å². The minimum atomic E-state index is 0.0783. The number of benzene rings is 1. The molecule has 4 nitrogen and oxygen atoms in total. The molecule has 0 spiro atoms. The molecule has 19 heavy (non-hydrogen) atoms. The van der Waals surface area contributed by atoms with Crippen molar-refractivity contribution in [1.29, 1.82) is 0 Å². The Labute approximate surface area is 118 Å². The van der Waals surface area contributed by atoms with E-state index in [0.717, 1.165) is 17.9 Å². The van der Waals surface area contributed by atoms with E-state index in [2.05, 4.69) is 5.32 Å². The minimum absolute atomic E-state index is 0.0783. The summed E-state index contributed by atoms with van der Waals surface area (Å²) in [4.78, 5) is 11.5. The van der Waals surface area contributed by atoms with E-state index < -0.39 is 0 Å². The maximum Gasteiger partial charge on any atom is 0.230 e. The first-order chi connectivity index (χ1) is 9.26. The van der Waals surface area contributed by atoms with Gasteiger partial charge in [0, 0.05) is 26.0 Å². The van der Waals surface area contributed by atoms with Crippen LogP contribution in [0, 0.1) is 0 Å². The minimum Gasteiger partial charge on any atom is -0.497 e. The highest BCUT2D eigenvalue weighted by atomic mass is 32.2. The molecule has 0 aliphatic heterocycles. The van der Waals surface area contributed by atoms with Gasteiger partial charge in [-0.15, -0.1) is 11.8 Å². The number of nitrogens with one attached hydrogen (secondary N) is 1. The molecule has 1 N–H and O–H groups in total. The summed E-state index contributed by atoms with van der Waals surface area (Å²) in [6, 6.07) is 7.89. The van der Waals surface area contributed by atoms with Gasteiger partial charge in [-0.05, 0) is 24.1 Å². The summed E-state index contributed by atoms with van der Waals surface area (Å²) in [5.74, 6) is 2.24. The molecular weight excluding hydrogens is 262 g/mol. The van der Waals surface area contributed by atoms with Crippen LogP contribution in [0.3, 0.4) is 0 Å². The molecule has 0 atom stereocenters. The Morgan fingerprint density at radius 1 is 1.26 bits per heavy atom. The van der Waals surface area contributed by atoms with Crippen molar-refractivity contribution in [3.8, 4) is 5.75 Å². The standard InChI is InChI=1S/C14H21NO3S/c1-17-9-3-8-15-14(16)11-19-10-12-4-6-13(18-2)7-5-12/h4-7H,3,8-11H2,1-2H3,(H,15,16). The van der Waals surface area contributed by atoms with Gasteiger partial charge < -0.3 is 14.8 Å². The number of ether oxygens (including phenoxy) is 2. The quantitative estimate of drug-likeness (QED) is 0.705. The van der Waals surface area contributed by atoms with E-state index in [4.69, 9.17) is 9.47 Å². The lowest BCUT2D eigenvalue weighted by molar-refractivity contribution is -0.118. The second-order valence-electron chi connectivity index (χ2n) is 4.04. The third-order valence-corrected chi connectivity index (χ3v) is 3.51. The normalized spacial score (nSPS) is 10.2. The second kappa shape index (κ2) is 9.69. The van der Waals surface area contributed by atoms with Crippen LogP contribution in [0.1, 0.15) is 12.0 Å². The monoisotopic (exact) mass is 283 g/mol. The molecule has 0 fully saturated rings. The van der Waals surface area contributed by atoms with Gasteiger partial charge >= 0.3 is 0 Å². The number of carbonyl (C=O) groups is 1. The van der Waals surface area contributed by atoms with Gasteiger partial charge in [0.1, 0.15) is 5.75 Å². The van der Waals surface area contributed by atoms with Crippen molar-refractivity contribution in [1.82, 2.24) is 5.32 Å². The Morgan fingerprint density at radius 2 is 2.00 bits per heavy atom. The molecular formula is C14H21NO3S. The third-order valence-electron chi connectivity index (χ3n) is 2.51. The topological polar surface area (TPSA) is 47.6 Å². The van der Waals surface area contributed by atoms with Crippen molar-refractivity contribution in [2.75, 3.05) is 33.1 Å². The zero-order chi connectivity index (χ0) is 13.9. The molecule has 5 heteroatoms. The lowest BCUT2D eigenvalue weighted by atomic mass is 10.2. The first-order valence-corrected chi connectivity index (χ1v) is 7.38. The summed E-state index contributed by atoms with van der Waals surface area (Å²) in [6.07, 6.45) is 0.853. The lowest BCUT2D eigenvalue weighted by Gasteiger charge is -2.05. The van der Waals surface area contributed by atoms with Crippen LogP contribution < -0.4 is 10.1 Å². The molecule has 1 amide bonds. The molecule has 0 saturated carbocycles.